The molecule has 0 bridgehead atoms. The van der Waals surface area contributed by atoms with Crippen molar-refractivity contribution in [2.45, 2.75) is 38.9 Å². The lowest BCUT2D eigenvalue weighted by Crippen LogP contribution is -2.41. The first-order valence-electron chi connectivity index (χ1n) is 6.88. The normalized spacial score (nSPS) is 20.9. The van der Waals surface area contributed by atoms with Crippen LogP contribution in [0.2, 0.25) is 5.02 Å². The molecule has 0 aromatic heterocycles. The third-order valence-corrected chi connectivity index (χ3v) is 4.45. The van der Waals surface area contributed by atoms with E-state index in [2.05, 4.69) is 0 Å². The molecule has 0 saturated carbocycles. The molecule has 1 fully saturated rings. The van der Waals surface area contributed by atoms with Crippen LogP contribution in [0.15, 0.2) is 23.7 Å². The molecule has 1 aliphatic rings. The van der Waals surface area contributed by atoms with E-state index in [9.17, 15) is 4.39 Å². The zero-order chi connectivity index (χ0) is 15.8. The molecule has 2 rings (SSSR count). The van der Waals surface area contributed by atoms with Crippen LogP contribution in [0.4, 0.5) is 4.39 Å². The highest BCUT2D eigenvalue weighted by molar-refractivity contribution is 6.56. The standard InChI is InChI=1S/C15H20BClFNO2/c1-14(2)15(3,4)21-16(20-14)10(9-19)8-11-12(17)6-5-7-13(11)18/h5-8H,9,19H2,1-4H3. The molecule has 6 heteroatoms. The topological polar surface area (TPSA) is 44.5 Å². The lowest BCUT2D eigenvalue weighted by molar-refractivity contribution is 0.00578. The third kappa shape index (κ3) is 3.16. The Labute approximate surface area is 130 Å². The van der Waals surface area contributed by atoms with E-state index in [1.54, 1.807) is 18.2 Å². The Kier molecular flexibility index (Phi) is 4.50. The minimum Gasteiger partial charge on any atom is -0.400 e. The van der Waals surface area contributed by atoms with Gasteiger partial charge in [-0.1, -0.05) is 23.7 Å². The Morgan fingerprint density at radius 3 is 2.33 bits per heavy atom. The fourth-order valence-corrected chi connectivity index (χ4v) is 2.27. The van der Waals surface area contributed by atoms with E-state index in [0.717, 1.165) is 0 Å². The SMILES string of the molecule is CC1(C)OB(C(=Cc2c(F)cccc2Cl)CN)OC1(C)C. The fourth-order valence-electron chi connectivity index (χ4n) is 2.05. The van der Waals surface area contributed by atoms with Crippen LogP contribution in [0.3, 0.4) is 0 Å². The van der Waals surface area contributed by atoms with E-state index >= 15 is 0 Å². The molecule has 1 aromatic carbocycles. The molecule has 1 aliphatic heterocycles. The Balaban J connectivity index is 2.36. The maximum absolute atomic E-state index is 13.9. The van der Waals surface area contributed by atoms with Gasteiger partial charge in [-0.25, -0.2) is 4.39 Å². The van der Waals surface area contributed by atoms with Gasteiger partial charge >= 0.3 is 7.12 Å². The van der Waals surface area contributed by atoms with Crippen LogP contribution in [-0.4, -0.2) is 24.9 Å². The van der Waals surface area contributed by atoms with Crippen LogP contribution in [0.5, 0.6) is 0 Å². The summed E-state index contributed by atoms with van der Waals surface area (Å²) in [6.45, 7) is 8.02. The quantitative estimate of drug-likeness (QED) is 0.870. The van der Waals surface area contributed by atoms with E-state index < -0.39 is 24.1 Å². The lowest BCUT2D eigenvalue weighted by atomic mass is 9.77. The molecule has 0 aliphatic carbocycles. The van der Waals surface area contributed by atoms with Gasteiger partial charge in [0.05, 0.1) is 16.2 Å². The number of nitrogens with two attached hydrogens (primary N) is 1. The highest BCUT2D eigenvalue weighted by Crippen LogP contribution is 2.39. The Morgan fingerprint density at radius 2 is 1.86 bits per heavy atom. The first-order valence-corrected chi connectivity index (χ1v) is 7.26. The zero-order valence-corrected chi connectivity index (χ0v) is 13.5. The summed E-state index contributed by atoms with van der Waals surface area (Å²) in [4.78, 5) is 0. The average Bonchev–Trinajstić information content (AvgIpc) is 2.58. The minimum absolute atomic E-state index is 0.196. The predicted molar refractivity (Wildman–Crippen MR) is 84.5 cm³/mol. The van der Waals surface area contributed by atoms with E-state index in [4.69, 9.17) is 26.6 Å². The number of rotatable bonds is 3. The summed E-state index contributed by atoms with van der Waals surface area (Å²) in [5.74, 6) is -0.398. The van der Waals surface area contributed by atoms with E-state index in [-0.39, 0.29) is 6.54 Å². The summed E-state index contributed by atoms with van der Waals surface area (Å²) in [5.41, 5.74) is 5.80. The second kappa shape index (κ2) is 5.73. The highest BCUT2D eigenvalue weighted by Gasteiger charge is 2.52. The monoisotopic (exact) mass is 311 g/mol. The summed E-state index contributed by atoms with van der Waals surface area (Å²) < 4.78 is 25.8. The summed E-state index contributed by atoms with van der Waals surface area (Å²) in [5, 5.41) is 0.331. The molecule has 1 saturated heterocycles. The van der Waals surface area contributed by atoms with Crippen LogP contribution in [0.25, 0.3) is 6.08 Å². The number of benzene rings is 1. The van der Waals surface area contributed by atoms with Gasteiger partial charge in [0.1, 0.15) is 5.82 Å². The smallest absolute Gasteiger partial charge is 0.400 e. The third-order valence-electron chi connectivity index (χ3n) is 4.12. The van der Waals surface area contributed by atoms with E-state index in [1.165, 1.54) is 6.07 Å². The first kappa shape index (κ1) is 16.5. The Bertz CT molecular complexity index is 539. The molecule has 1 heterocycles. The lowest BCUT2D eigenvalue weighted by Gasteiger charge is -2.32. The zero-order valence-electron chi connectivity index (χ0n) is 12.7. The van der Waals surface area contributed by atoms with Crippen molar-refractivity contribution in [3.63, 3.8) is 0 Å². The number of halogens is 2. The summed E-state index contributed by atoms with van der Waals surface area (Å²) in [6.07, 6.45) is 1.61. The van der Waals surface area contributed by atoms with Gasteiger partial charge in [0.25, 0.3) is 0 Å². The van der Waals surface area contributed by atoms with Crippen molar-refractivity contribution in [1.29, 1.82) is 0 Å². The summed E-state index contributed by atoms with van der Waals surface area (Å²) in [6, 6.07) is 4.55. The van der Waals surface area contributed by atoms with Crippen molar-refractivity contribution in [1.82, 2.24) is 0 Å². The highest BCUT2D eigenvalue weighted by atomic mass is 35.5. The van der Waals surface area contributed by atoms with Gasteiger partial charge in [0.2, 0.25) is 0 Å². The van der Waals surface area contributed by atoms with Crippen LogP contribution < -0.4 is 5.73 Å². The molecule has 0 unspecified atom stereocenters. The average molecular weight is 312 g/mol. The van der Waals surface area contributed by atoms with Crippen molar-refractivity contribution in [2.75, 3.05) is 6.54 Å². The Morgan fingerprint density at radius 1 is 1.29 bits per heavy atom. The van der Waals surface area contributed by atoms with Crippen LogP contribution >= 0.6 is 11.6 Å². The second-order valence-corrected chi connectivity index (χ2v) is 6.55. The fraction of sp³-hybridized carbons (Fsp3) is 0.467. The van der Waals surface area contributed by atoms with Crippen molar-refractivity contribution in [3.05, 3.63) is 40.1 Å². The minimum atomic E-state index is -0.601. The number of hydrogen-bond donors (Lipinski definition) is 1. The second-order valence-electron chi connectivity index (χ2n) is 6.15. The maximum atomic E-state index is 13.9. The molecular weight excluding hydrogens is 291 g/mol. The van der Waals surface area contributed by atoms with Gasteiger partial charge in [-0.3, -0.25) is 0 Å². The summed E-state index contributed by atoms with van der Waals surface area (Å²) >= 11 is 6.04. The van der Waals surface area contributed by atoms with Crippen LogP contribution in [0, 0.1) is 5.82 Å². The van der Waals surface area contributed by atoms with Gasteiger partial charge in [-0.15, -0.1) is 0 Å². The van der Waals surface area contributed by atoms with Gasteiger partial charge in [-0.2, -0.15) is 0 Å². The maximum Gasteiger partial charge on any atom is 0.491 e. The van der Waals surface area contributed by atoms with Gasteiger partial charge in [0.15, 0.2) is 0 Å². The van der Waals surface area contributed by atoms with Crippen molar-refractivity contribution in [2.24, 2.45) is 5.73 Å². The summed E-state index contributed by atoms with van der Waals surface area (Å²) in [7, 11) is -0.601. The molecule has 2 N–H and O–H groups in total. The van der Waals surface area contributed by atoms with Crippen molar-refractivity contribution < 1.29 is 13.7 Å². The molecule has 3 nitrogen and oxygen atoms in total. The molecule has 1 aromatic rings. The predicted octanol–water partition coefficient (Wildman–Crippen LogP) is 3.45. The van der Waals surface area contributed by atoms with Gasteiger partial charge < -0.3 is 15.0 Å². The molecule has 0 atom stereocenters. The molecule has 0 radical (unpaired) electrons. The first-order chi connectivity index (χ1) is 9.68. The van der Waals surface area contributed by atoms with E-state index in [1.807, 2.05) is 27.7 Å². The van der Waals surface area contributed by atoms with E-state index in [0.29, 0.717) is 16.1 Å². The van der Waals surface area contributed by atoms with Gasteiger partial charge in [0, 0.05) is 12.1 Å². The van der Waals surface area contributed by atoms with Crippen LogP contribution in [-0.2, 0) is 9.31 Å². The van der Waals surface area contributed by atoms with Crippen molar-refractivity contribution in [3.8, 4) is 0 Å². The van der Waals surface area contributed by atoms with Crippen LogP contribution in [0.1, 0.15) is 33.3 Å². The molecule has 21 heavy (non-hydrogen) atoms. The molecule has 0 amide bonds. The molecule has 0 spiro atoms. The molecular formula is C15H20BClFNO2. The van der Waals surface area contributed by atoms with Crippen molar-refractivity contribution >= 4 is 24.8 Å². The largest absolute Gasteiger partial charge is 0.491 e. The number of hydrogen-bond acceptors (Lipinski definition) is 3. The van der Waals surface area contributed by atoms with Gasteiger partial charge in [-0.05, 0) is 45.3 Å². The Hall–Kier alpha value is -0.875. The molecule has 114 valence electrons.